The standard InChI is InChI=1S/C28H26N4OS/c1-4-16-32-18-24(23-14-7-8-15-25(23)32)27(33)19(2)34-28-30-29-26(31(28)3)17-21-12-9-11-20-10-5-6-13-22(20)21/h4-15,18-19H,1,16-17H2,2-3H3. The molecule has 3 aromatic carbocycles. The maximum absolute atomic E-state index is 13.4. The van der Waals surface area contributed by atoms with Gasteiger partial charge in [-0.3, -0.25) is 4.79 Å². The highest BCUT2D eigenvalue weighted by atomic mass is 32.2. The number of rotatable bonds is 8. The molecule has 0 amide bonds. The second-order valence-corrected chi connectivity index (χ2v) is 9.71. The molecular weight excluding hydrogens is 440 g/mol. The summed E-state index contributed by atoms with van der Waals surface area (Å²) in [7, 11) is 1.97. The molecule has 0 spiro atoms. The number of para-hydroxylation sites is 1. The van der Waals surface area contributed by atoms with Crippen molar-refractivity contribution in [2.75, 3.05) is 0 Å². The van der Waals surface area contributed by atoms with Crippen LogP contribution in [0.4, 0.5) is 0 Å². The average molecular weight is 467 g/mol. The molecule has 0 bridgehead atoms. The van der Waals surface area contributed by atoms with E-state index in [9.17, 15) is 4.79 Å². The zero-order valence-corrected chi connectivity index (χ0v) is 20.1. The number of thioether (sulfide) groups is 1. The Kier molecular flexibility index (Phi) is 6.07. The van der Waals surface area contributed by atoms with E-state index in [0.717, 1.165) is 27.4 Å². The fourth-order valence-electron chi connectivity index (χ4n) is 4.38. The largest absolute Gasteiger partial charge is 0.343 e. The molecule has 5 aromatic rings. The van der Waals surface area contributed by atoms with Crippen LogP contribution in [0, 0.1) is 0 Å². The lowest BCUT2D eigenvalue weighted by atomic mass is 10.0. The Morgan fingerprint density at radius 2 is 1.76 bits per heavy atom. The van der Waals surface area contributed by atoms with E-state index in [2.05, 4.69) is 63.8 Å². The molecule has 6 heteroatoms. The fraction of sp³-hybridized carbons (Fsp3) is 0.179. The first-order chi connectivity index (χ1) is 16.6. The van der Waals surface area contributed by atoms with E-state index in [1.807, 2.05) is 55.1 Å². The lowest BCUT2D eigenvalue weighted by molar-refractivity contribution is 0.0995. The van der Waals surface area contributed by atoms with Gasteiger partial charge < -0.3 is 9.13 Å². The maximum atomic E-state index is 13.4. The number of carbonyl (C=O) groups is 1. The zero-order chi connectivity index (χ0) is 23.7. The second kappa shape index (κ2) is 9.31. The predicted molar refractivity (Wildman–Crippen MR) is 140 cm³/mol. The Balaban J connectivity index is 1.38. The van der Waals surface area contributed by atoms with Crippen molar-refractivity contribution in [1.82, 2.24) is 19.3 Å². The summed E-state index contributed by atoms with van der Waals surface area (Å²) < 4.78 is 4.06. The lowest BCUT2D eigenvalue weighted by Crippen LogP contribution is -2.14. The van der Waals surface area contributed by atoms with Crippen LogP contribution in [0.5, 0.6) is 0 Å². The molecule has 0 aliphatic carbocycles. The van der Waals surface area contributed by atoms with Gasteiger partial charge in [-0.15, -0.1) is 16.8 Å². The Morgan fingerprint density at radius 1 is 1.03 bits per heavy atom. The van der Waals surface area contributed by atoms with Crippen molar-refractivity contribution in [2.45, 2.75) is 30.3 Å². The monoisotopic (exact) mass is 466 g/mol. The van der Waals surface area contributed by atoms with Crippen LogP contribution in [0.2, 0.25) is 0 Å². The molecular formula is C28H26N4OS. The van der Waals surface area contributed by atoms with Crippen molar-refractivity contribution in [3.8, 4) is 0 Å². The molecule has 2 aromatic heterocycles. The van der Waals surface area contributed by atoms with Gasteiger partial charge in [0.25, 0.3) is 0 Å². The Hall–Kier alpha value is -3.64. The van der Waals surface area contributed by atoms with Crippen LogP contribution < -0.4 is 0 Å². The molecule has 2 heterocycles. The molecule has 0 radical (unpaired) electrons. The molecule has 170 valence electrons. The van der Waals surface area contributed by atoms with E-state index in [0.29, 0.717) is 13.0 Å². The van der Waals surface area contributed by atoms with E-state index in [1.165, 1.54) is 28.1 Å². The summed E-state index contributed by atoms with van der Waals surface area (Å²) in [6.45, 7) is 6.44. The first-order valence-corrected chi connectivity index (χ1v) is 12.2. The summed E-state index contributed by atoms with van der Waals surface area (Å²) in [6.07, 6.45) is 4.47. The third kappa shape index (κ3) is 4.05. The summed E-state index contributed by atoms with van der Waals surface area (Å²) in [4.78, 5) is 13.4. The van der Waals surface area contributed by atoms with Gasteiger partial charge in [-0.25, -0.2) is 0 Å². The quantitative estimate of drug-likeness (QED) is 0.158. The van der Waals surface area contributed by atoms with Crippen molar-refractivity contribution in [3.05, 3.63) is 103 Å². The Bertz CT molecular complexity index is 1510. The van der Waals surface area contributed by atoms with E-state index in [1.54, 1.807) is 0 Å². The number of hydrogen-bond acceptors (Lipinski definition) is 4. The first-order valence-electron chi connectivity index (χ1n) is 11.3. The molecule has 0 aliphatic heterocycles. The van der Waals surface area contributed by atoms with Crippen LogP contribution >= 0.6 is 11.8 Å². The minimum absolute atomic E-state index is 0.0858. The molecule has 0 saturated carbocycles. The van der Waals surface area contributed by atoms with Gasteiger partial charge in [0.05, 0.1) is 5.25 Å². The van der Waals surface area contributed by atoms with E-state index >= 15 is 0 Å². The normalized spacial score (nSPS) is 12.3. The van der Waals surface area contributed by atoms with Gasteiger partial charge in [-0.1, -0.05) is 78.5 Å². The van der Waals surface area contributed by atoms with Crippen molar-refractivity contribution in [3.63, 3.8) is 0 Å². The van der Waals surface area contributed by atoms with Crippen LogP contribution in [-0.4, -0.2) is 30.4 Å². The molecule has 0 aliphatic rings. The van der Waals surface area contributed by atoms with E-state index in [4.69, 9.17) is 0 Å². The SMILES string of the molecule is C=CCn1cc(C(=O)C(C)Sc2nnc(Cc3cccc4ccccc34)n2C)c2ccccc21. The van der Waals surface area contributed by atoms with Gasteiger partial charge >= 0.3 is 0 Å². The summed E-state index contributed by atoms with van der Waals surface area (Å²) in [6, 6.07) is 22.7. The Morgan fingerprint density at radius 3 is 2.59 bits per heavy atom. The number of carbonyl (C=O) groups excluding carboxylic acids is 1. The number of Topliss-reactive ketones (excluding diaryl/α,β-unsaturated/α-hetero) is 1. The number of fused-ring (bicyclic) bond motifs is 2. The predicted octanol–water partition coefficient (Wildman–Crippen LogP) is 6.06. The fourth-order valence-corrected chi connectivity index (χ4v) is 5.28. The molecule has 34 heavy (non-hydrogen) atoms. The third-order valence-corrected chi connectivity index (χ3v) is 7.32. The number of aromatic nitrogens is 4. The minimum Gasteiger partial charge on any atom is -0.343 e. The zero-order valence-electron chi connectivity index (χ0n) is 19.3. The van der Waals surface area contributed by atoms with E-state index < -0.39 is 0 Å². The van der Waals surface area contributed by atoms with E-state index in [-0.39, 0.29) is 11.0 Å². The molecule has 5 nitrogen and oxygen atoms in total. The second-order valence-electron chi connectivity index (χ2n) is 8.40. The summed E-state index contributed by atoms with van der Waals surface area (Å²) in [5, 5.41) is 12.7. The lowest BCUT2D eigenvalue weighted by Gasteiger charge is -2.10. The molecule has 0 N–H and O–H groups in total. The number of allylic oxidation sites excluding steroid dienone is 1. The van der Waals surface area contributed by atoms with Gasteiger partial charge in [0.1, 0.15) is 5.82 Å². The van der Waals surface area contributed by atoms with Gasteiger partial charge in [0, 0.05) is 42.7 Å². The third-order valence-electron chi connectivity index (χ3n) is 6.18. The molecule has 0 saturated heterocycles. The molecule has 5 rings (SSSR count). The van der Waals surface area contributed by atoms with Crippen molar-refractivity contribution in [2.24, 2.45) is 7.05 Å². The smallest absolute Gasteiger partial charge is 0.191 e. The van der Waals surface area contributed by atoms with Crippen LogP contribution in [0.15, 0.2) is 90.7 Å². The Labute approximate surface area is 203 Å². The first kappa shape index (κ1) is 22.2. The highest BCUT2D eigenvalue weighted by Crippen LogP contribution is 2.29. The minimum atomic E-state index is -0.295. The van der Waals surface area contributed by atoms with Gasteiger partial charge in [0.15, 0.2) is 10.9 Å². The van der Waals surface area contributed by atoms with Crippen LogP contribution in [0.3, 0.4) is 0 Å². The van der Waals surface area contributed by atoms with Crippen molar-refractivity contribution in [1.29, 1.82) is 0 Å². The van der Waals surface area contributed by atoms with Gasteiger partial charge in [-0.2, -0.15) is 0 Å². The van der Waals surface area contributed by atoms with Crippen LogP contribution in [0.25, 0.3) is 21.7 Å². The van der Waals surface area contributed by atoms with Crippen molar-refractivity contribution >= 4 is 39.2 Å². The summed E-state index contributed by atoms with van der Waals surface area (Å²) >= 11 is 1.45. The summed E-state index contributed by atoms with van der Waals surface area (Å²) in [5.41, 5.74) is 2.99. The molecule has 1 atom stereocenters. The average Bonchev–Trinajstić information content (AvgIpc) is 3.40. The highest BCUT2D eigenvalue weighted by Gasteiger charge is 2.23. The van der Waals surface area contributed by atoms with Gasteiger partial charge in [-0.05, 0) is 29.3 Å². The number of benzene rings is 3. The molecule has 0 fully saturated rings. The van der Waals surface area contributed by atoms with Crippen LogP contribution in [0.1, 0.15) is 28.7 Å². The summed E-state index contributed by atoms with van der Waals surface area (Å²) in [5.74, 6) is 0.962. The highest BCUT2D eigenvalue weighted by molar-refractivity contribution is 8.00. The molecule has 1 unspecified atom stereocenters. The maximum Gasteiger partial charge on any atom is 0.191 e. The topological polar surface area (TPSA) is 52.7 Å². The van der Waals surface area contributed by atoms with Crippen LogP contribution in [-0.2, 0) is 20.0 Å². The number of nitrogens with zero attached hydrogens (tertiary/aromatic N) is 4. The number of hydrogen-bond donors (Lipinski definition) is 0. The van der Waals surface area contributed by atoms with Crippen molar-refractivity contribution < 1.29 is 4.79 Å². The van der Waals surface area contributed by atoms with Gasteiger partial charge in [0.2, 0.25) is 0 Å². The number of ketones is 1.